The molecule has 3 rings (SSSR count). The van der Waals surface area contributed by atoms with Crippen molar-refractivity contribution in [3.05, 3.63) is 66.1 Å². The van der Waals surface area contributed by atoms with Crippen molar-refractivity contribution >= 4 is 5.91 Å². The van der Waals surface area contributed by atoms with Crippen LogP contribution in [0.1, 0.15) is 30.6 Å². The van der Waals surface area contributed by atoms with Crippen molar-refractivity contribution in [1.29, 1.82) is 0 Å². The Balaban J connectivity index is 1.93. The molecular formula is C20H19FN2O2. The van der Waals surface area contributed by atoms with Gasteiger partial charge in [0.1, 0.15) is 5.82 Å². The highest BCUT2D eigenvalue weighted by Crippen LogP contribution is 2.28. The minimum Gasteiger partial charge on any atom is -0.436 e. The van der Waals surface area contributed by atoms with Gasteiger partial charge in [0.05, 0.1) is 11.8 Å². The highest BCUT2D eigenvalue weighted by atomic mass is 19.1. The second-order valence-electron chi connectivity index (χ2n) is 5.86. The molecule has 25 heavy (non-hydrogen) atoms. The first kappa shape index (κ1) is 16.9. The molecule has 0 fully saturated rings. The molecule has 1 N–H and O–H groups in total. The molecule has 3 aromatic rings. The number of nitrogens with one attached hydrogen (secondary N) is 1. The van der Waals surface area contributed by atoms with Gasteiger partial charge in [-0.05, 0) is 49.7 Å². The summed E-state index contributed by atoms with van der Waals surface area (Å²) in [6, 6.07) is 13.2. The molecule has 1 amide bonds. The summed E-state index contributed by atoms with van der Waals surface area (Å²) < 4.78 is 18.9. The van der Waals surface area contributed by atoms with E-state index in [1.807, 2.05) is 19.9 Å². The fourth-order valence-electron chi connectivity index (χ4n) is 2.42. The van der Waals surface area contributed by atoms with Crippen LogP contribution in [-0.2, 0) is 0 Å². The fourth-order valence-corrected chi connectivity index (χ4v) is 2.42. The van der Waals surface area contributed by atoms with Crippen molar-refractivity contribution in [3.63, 3.8) is 0 Å². The number of amides is 1. The maximum atomic E-state index is 13.1. The molecule has 0 spiro atoms. The zero-order valence-electron chi connectivity index (χ0n) is 14.1. The number of aromatic nitrogens is 1. The van der Waals surface area contributed by atoms with Gasteiger partial charge in [-0.15, -0.1) is 0 Å². The maximum absolute atomic E-state index is 13.1. The van der Waals surface area contributed by atoms with E-state index in [0.29, 0.717) is 22.8 Å². The van der Waals surface area contributed by atoms with Gasteiger partial charge in [0.25, 0.3) is 5.91 Å². The van der Waals surface area contributed by atoms with Gasteiger partial charge in [0.2, 0.25) is 5.89 Å². The summed E-state index contributed by atoms with van der Waals surface area (Å²) in [5.74, 6) is 0.406. The Morgan fingerprint density at radius 1 is 1.20 bits per heavy atom. The van der Waals surface area contributed by atoms with Gasteiger partial charge in [0.15, 0.2) is 5.76 Å². The standard InChI is InChI=1S/C20H19FN2O2/c1-3-13(2)23-19(24)16-6-4-5-7-17(16)20-22-12-18(25-20)14-8-10-15(21)11-9-14/h4-13H,3H2,1-2H3,(H,23,24)/t13-/m1/s1. The fraction of sp³-hybridized carbons (Fsp3) is 0.200. The number of nitrogens with zero attached hydrogens (tertiary/aromatic N) is 1. The van der Waals surface area contributed by atoms with E-state index in [1.54, 1.807) is 36.5 Å². The van der Waals surface area contributed by atoms with Gasteiger partial charge >= 0.3 is 0 Å². The minimum atomic E-state index is -0.310. The van der Waals surface area contributed by atoms with Gasteiger partial charge in [-0.2, -0.15) is 0 Å². The van der Waals surface area contributed by atoms with Crippen LogP contribution in [0.5, 0.6) is 0 Å². The zero-order chi connectivity index (χ0) is 17.8. The third-order valence-corrected chi connectivity index (χ3v) is 4.03. The second-order valence-corrected chi connectivity index (χ2v) is 5.86. The first-order chi connectivity index (χ1) is 12.1. The Kier molecular flexibility index (Phi) is 4.93. The number of oxazole rings is 1. The van der Waals surface area contributed by atoms with Crippen molar-refractivity contribution in [2.75, 3.05) is 0 Å². The number of halogens is 1. The summed E-state index contributed by atoms with van der Waals surface area (Å²) in [6.45, 7) is 3.97. The molecule has 0 aliphatic heterocycles. The molecule has 2 aromatic carbocycles. The topological polar surface area (TPSA) is 55.1 Å². The molecule has 1 atom stereocenters. The quantitative estimate of drug-likeness (QED) is 0.735. The molecule has 0 saturated heterocycles. The molecule has 0 unspecified atom stereocenters. The van der Waals surface area contributed by atoms with Crippen LogP contribution in [0.3, 0.4) is 0 Å². The van der Waals surface area contributed by atoms with Gasteiger partial charge in [-0.1, -0.05) is 19.1 Å². The number of carbonyl (C=O) groups is 1. The van der Waals surface area contributed by atoms with E-state index in [1.165, 1.54) is 12.1 Å². The van der Waals surface area contributed by atoms with Crippen molar-refractivity contribution in [2.45, 2.75) is 26.3 Å². The lowest BCUT2D eigenvalue weighted by atomic mass is 10.1. The Morgan fingerprint density at radius 2 is 1.92 bits per heavy atom. The van der Waals surface area contributed by atoms with E-state index in [-0.39, 0.29) is 17.8 Å². The largest absolute Gasteiger partial charge is 0.436 e. The summed E-state index contributed by atoms with van der Waals surface area (Å²) in [7, 11) is 0. The second kappa shape index (κ2) is 7.30. The van der Waals surface area contributed by atoms with Crippen LogP contribution in [0.4, 0.5) is 4.39 Å². The first-order valence-corrected chi connectivity index (χ1v) is 8.20. The molecule has 0 bridgehead atoms. The molecule has 1 aromatic heterocycles. The molecule has 0 aliphatic carbocycles. The molecule has 1 heterocycles. The van der Waals surface area contributed by atoms with E-state index in [2.05, 4.69) is 10.3 Å². The Morgan fingerprint density at radius 3 is 2.64 bits per heavy atom. The number of hydrogen-bond acceptors (Lipinski definition) is 3. The average molecular weight is 338 g/mol. The smallest absolute Gasteiger partial charge is 0.252 e. The summed E-state index contributed by atoms with van der Waals surface area (Å²) >= 11 is 0. The number of rotatable bonds is 5. The van der Waals surface area contributed by atoms with E-state index in [9.17, 15) is 9.18 Å². The van der Waals surface area contributed by atoms with Gasteiger partial charge in [-0.25, -0.2) is 9.37 Å². The lowest BCUT2D eigenvalue weighted by molar-refractivity contribution is 0.0939. The first-order valence-electron chi connectivity index (χ1n) is 8.20. The van der Waals surface area contributed by atoms with E-state index < -0.39 is 0 Å². The summed E-state index contributed by atoms with van der Waals surface area (Å²) in [5, 5.41) is 2.95. The Labute approximate surface area is 145 Å². The molecular weight excluding hydrogens is 319 g/mol. The van der Waals surface area contributed by atoms with Crippen LogP contribution < -0.4 is 5.32 Å². The van der Waals surface area contributed by atoms with E-state index in [4.69, 9.17) is 4.42 Å². The molecule has 0 saturated carbocycles. The molecule has 0 radical (unpaired) electrons. The highest BCUT2D eigenvalue weighted by Gasteiger charge is 2.17. The Hall–Kier alpha value is -2.95. The van der Waals surface area contributed by atoms with Crippen LogP contribution in [0.15, 0.2) is 59.1 Å². The zero-order valence-corrected chi connectivity index (χ0v) is 14.1. The molecule has 5 heteroatoms. The van der Waals surface area contributed by atoms with Crippen LogP contribution in [0.2, 0.25) is 0 Å². The molecule has 4 nitrogen and oxygen atoms in total. The third-order valence-electron chi connectivity index (χ3n) is 4.03. The number of hydrogen-bond donors (Lipinski definition) is 1. The number of carbonyl (C=O) groups excluding carboxylic acids is 1. The highest BCUT2D eigenvalue weighted by molar-refractivity contribution is 6.00. The van der Waals surface area contributed by atoms with Gasteiger partial charge in [-0.3, -0.25) is 4.79 Å². The van der Waals surface area contributed by atoms with Gasteiger partial charge in [0, 0.05) is 17.2 Å². The average Bonchev–Trinajstić information content (AvgIpc) is 3.12. The molecule has 128 valence electrons. The lowest BCUT2D eigenvalue weighted by Gasteiger charge is -2.12. The normalized spacial score (nSPS) is 12.0. The third kappa shape index (κ3) is 3.76. The van der Waals surface area contributed by atoms with Crippen molar-refractivity contribution in [3.8, 4) is 22.8 Å². The predicted molar refractivity (Wildman–Crippen MR) is 94.6 cm³/mol. The van der Waals surface area contributed by atoms with Crippen molar-refractivity contribution < 1.29 is 13.6 Å². The van der Waals surface area contributed by atoms with Crippen molar-refractivity contribution in [1.82, 2.24) is 10.3 Å². The number of benzene rings is 2. The van der Waals surface area contributed by atoms with Crippen LogP contribution in [0, 0.1) is 5.82 Å². The lowest BCUT2D eigenvalue weighted by Crippen LogP contribution is -2.32. The summed E-state index contributed by atoms with van der Waals surface area (Å²) in [4.78, 5) is 16.8. The monoisotopic (exact) mass is 338 g/mol. The summed E-state index contributed by atoms with van der Waals surface area (Å²) in [6.07, 6.45) is 2.42. The molecule has 0 aliphatic rings. The van der Waals surface area contributed by atoms with E-state index >= 15 is 0 Å². The SMILES string of the molecule is CC[C@@H](C)NC(=O)c1ccccc1-c1ncc(-c2ccc(F)cc2)o1. The van der Waals surface area contributed by atoms with E-state index in [0.717, 1.165) is 12.0 Å². The van der Waals surface area contributed by atoms with Crippen LogP contribution in [0.25, 0.3) is 22.8 Å². The Bertz CT molecular complexity index is 871. The van der Waals surface area contributed by atoms with Gasteiger partial charge < -0.3 is 9.73 Å². The van der Waals surface area contributed by atoms with Crippen LogP contribution >= 0.6 is 0 Å². The minimum absolute atomic E-state index is 0.0832. The van der Waals surface area contributed by atoms with Crippen LogP contribution in [-0.4, -0.2) is 16.9 Å². The predicted octanol–water partition coefficient (Wildman–Crippen LogP) is 4.68. The maximum Gasteiger partial charge on any atom is 0.252 e. The summed E-state index contributed by atoms with van der Waals surface area (Å²) in [5.41, 5.74) is 1.86. The van der Waals surface area contributed by atoms with Crippen molar-refractivity contribution in [2.24, 2.45) is 0 Å².